The number of nitrogens with one attached hydrogen (secondary N) is 1. The lowest BCUT2D eigenvalue weighted by molar-refractivity contribution is -0.118. The van der Waals surface area contributed by atoms with Crippen LogP contribution >= 0.6 is 0 Å². The second-order valence-corrected chi connectivity index (χ2v) is 4.13. The summed E-state index contributed by atoms with van der Waals surface area (Å²) in [6.07, 6.45) is 0. The Kier molecular flexibility index (Phi) is 3.86. The third kappa shape index (κ3) is 3.36. The van der Waals surface area contributed by atoms with Crippen molar-refractivity contribution in [2.45, 2.75) is 26.8 Å². The van der Waals surface area contributed by atoms with Gasteiger partial charge in [-0.25, -0.2) is 0 Å². The Labute approximate surface area is 90.7 Å². The smallest absolute Gasteiger partial charge is 0.241 e. The lowest BCUT2D eigenvalue weighted by Crippen LogP contribution is -2.39. The van der Waals surface area contributed by atoms with Crippen LogP contribution in [-0.4, -0.2) is 11.9 Å². The Morgan fingerprint density at radius 3 is 2.27 bits per heavy atom. The molecule has 3 heteroatoms. The zero-order chi connectivity index (χ0) is 11.4. The molecule has 0 aromatic heterocycles. The van der Waals surface area contributed by atoms with Crippen LogP contribution in [-0.2, 0) is 4.79 Å². The van der Waals surface area contributed by atoms with Crippen molar-refractivity contribution >= 4 is 11.6 Å². The van der Waals surface area contributed by atoms with E-state index in [0.29, 0.717) is 0 Å². The average Bonchev–Trinajstić information content (AvgIpc) is 2.20. The minimum Gasteiger partial charge on any atom is -0.325 e. The molecule has 0 saturated heterocycles. The van der Waals surface area contributed by atoms with Crippen LogP contribution in [0, 0.1) is 12.8 Å². The van der Waals surface area contributed by atoms with Gasteiger partial charge in [0.2, 0.25) is 5.91 Å². The molecule has 1 rings (SSSR count). The third-order valence-corrected chi connectivity index (χ3v) is 2.34. The first-order valence-electron chi connectivity index (χ1n) is 5.14. The summed E-state index contributed by atoms with van der Waals surface area (Å²) in [5.74, 6) is 0.0179. The van der Waals surface area contributed by atoms with Gasteiger partial charge in [0.1, 0.15) is 0 Å². The first kappa shape index (κ1) is 11.7. The molecule has 82 valence electrons. The monoisotopic (exact) mass is 206 g/mol. The average molecular weight is 206 g/mol. The normalized spacial score (nSPS) is 12.6. The van der Waals surface area contributed by atoms with Crippen molar-refractivity contribution in [3.05, 3.63) is 29.8 Å². The minimum absolute atomic E-state index is 0.131. The van der Waals surface area contributed by atoms with Gasteiger partial charge in [-0.15, -0.1) is 0 Å². The van der Waals surface area contributed by atoms with Gasteiger partial charge in [0.25, 0.3) is 0 Å². The quantitative estimate of drug-likeness (QED) is 0.793. The number of carbonyl (C=O) groups excluding carboxylic acids is 1. The number of nitrogens with two attached hydrogens (primary N) is 1. The molecular weight excluding hydrogens is 188 g/mol. The van der Waals surface area contributed by atoms with Crippen molar-refractivity contribution in [2.24, 2.45) is 11.7 Å². The highest BCUT2D eigenvalue weighted by molar-refractivity contribution is 5.94. The molecule has 0 aliphatic carbocycles. The van der Waals surface area contributed by atoms with Crippen molar-refractivity contribution < 1.29 is 4.79 Å². The number of hydrogen-bond donors (Lipinski definition) is 2. The van der Waals surface area contributed by atoms with Gasteiger partial charge in [-0.1, -0.05) is 31.5 Å². The van der Waals surface area contributed by atoms with Crippen molar-refractivity contribution in [3.8, 4) is 0 Å². The van der Waals surface area contributed by atoms with Crippen molar-refractivity contribution in [3.63, 3.8) is 0 Å². The van der Waals surface area contributed by atoms with E-state index in [2.05, 4.69) is 5.32 Å². The van der Waals surface area contributed by atoms with Crippen LogP contribution in [0.4, 0.5) is 5.69 Å². The van der Waals surface area contributed by atoms with Gasteiger partial charge in [0.15, 0.2) is 0 Å². The van der Waals surface area contributed by atoms with E-state index in [9.17, 15) is 4.79 Å². The zero-order valence-corrected chi connectivity index (χ0v) is 9.45. The van der Waals surface area contributed by atoms with Crippen LogP contribution in [0.3, 0.4) is 0 Å². The molecule has 1 amide bonds. The van der Waals surface area contributed by atoms with E-state index in [-0.39, 0.29) is 11.8 Å². The Morgan fingerprint density at radius 1 is 1.27 bits per heavy atom. The van der Waals surface area contributed by atoms with Gasteiger partial charge in [0.05, 0.1) is 6.04 Å². The Balaban J connectivity index is 2.62. The minimum atomic E-state index is -0.452. The lowest BCUT2D eigenvalue weighted by Gasteiger charge is -2.15. The Bertz CT molecular complexity index is 330. The fraction of sp³-hybridized carbons (Fsp3) is 0.417. The largest absolute Gasteiger partial charge is 0.325 e. The van der Waals surface area contributed by atoms with E-state index in [4.69, 9.17) is 5.73 Å². The first-order chi connectivity index (χ1) is 7.00. The lowest BCUT2D eigenvalue weighted by atomic mass is 10.0. The molecule has 0 radical (unpaired) electrons. The molecule has 3 nitrogen and oxygen atoms in total. The van der Waals surface area contributed by atoms with Gasteiger partial charge in [0, 0.05) is 5.69 Å². The Hall–Kier alpha value is -1.35. The summed E-state index contributed by atoms with van der Waals surface area (Å²) in [6, 6.07) is 7.21. The summed E-state index contributed by atoms with van der Waals surface area (Å²) >= 11 is 0. The predicted molar refractivity (Wildman–Crippen MR) is 62.6 cm³/mol. The molecular formula is C12H18N2O. The fourth-order valence-electron chi connectivity index (χ4n) is 1.17. The fourth-order valence-corrected chi connectivity index (χ4v) is 1.17. The third-order valence-electron chi connectivity index (χ3n) is 2.34. The van der Waals surface area contributed by atoms with E-state index in [1.807, 2.05) is 45.0 Å². The number of benzene rings is 1. The maximum Gasteiger partial charge on any atom is 0.241 e. The topological polar surface area (TPSA) is 55.1 Å². The SMILES string of the molecule is Cc1ccc(NC(=O)C(N)C(C)C)cc1. The Morgan fingerprint density at radius 2 is 1.80 bits per heavy atom. The molecule has 15 heavy (non-hydrogen) atoms. The maximum absolute atomic E-state index is 11.6. The molecule has 0 fully saturated rings. The van der Waals surface area contributed by atoms with Gasteiger partial charge < -0.3 is 11.1 Å². The number of carbonyl (C=O) groups is 1. The molecule has 1 aromatic rings. The summed E-state index contributed by atoms with van der Waals surface area (Å²) in [5, 5.41) is 2.79. The van der Waals surface area contributed by atoms with Crippen LogP contribution in [0.1, 0.15) is 19.4 Å². The number of amides is 1. The highest BCUT2D eigenvalue weighted by atomic mass is 16.2. The van der Waals surface area contributed by atoms with Crippen LogP contribution in [0.2, 0.25) is 0 Å². The molecule has 1 atom stereocenters. The molecule has 0 spiro atoms. The van der Waals surface area contributed by atoms with Gasteiger partial charge in [-0.05, 0) is 25.0 Å². The van der Waals surface area contributed by atoms with Crippen molar-refractivity contribution in [2.75, 3.05) is 5.32 Å². The first-order valence-corrected chi connectivity index (χ1v) is 5.14. The zero-order valence-electron chi connectivity index (χ0n) is 9.45. The van der Waals surface area contributed by atoms with Crippen molar-refractivity contribution in [1.82, 2.24) is 0 Å². The number of hydrogen-bond acceptors (Lipinski definition) is 2. The standard InChI is InChI=1S/C12H18N2O/c1-8(2)11(13)12(15)14-10-6-4-9(3)5-7-10/h4-8,11H,13H2,1-3H3,(H,14,15). The summed E-state index contributed by atoms with van der Waals surface area (Å²) in [6.45, 7) is 5.87. The molecule has 0 saturated carbocycles. The van der Waals surface area contributed by atoms with Gasteiger partial charge in [-0.3, -0.25) is 4.79 Å². The molecule has 0 heterocycles. The number of aryl methyl sites for hydroxylation is 1. The van der Waals surface area contributed by atoms with E-state index >= 15 is 0 Å². The molecule has 0 aliphatic rings. The molecule has 3 N–H and O–H groups in total. The number of rotatable bonds is 3. The maximum atomic E-state index is 11.6. The van der Waals surface area contributed by atoms with E-state index in [1.54, 1.807) is 0 Å². The van der Waals surface area contributed by atoms with E-state index in [0.717, 1.165) is 5.69 Å². The van der Waals surface area contributed by atoms with Gasteiger partial charge in [-0.2, -0.15) is 0 Å². The van der Waals surface area contributed by atoms with Crippen molar-refractivity contribution in [1.29, 1.82) is 0 Å². The van der Waals surface area contributed by atoms with E-state index < -0.39 is 6.04 Å². The van der Waals surface area contributed by atoms with Crippen LogP contribution in [0.15, 0.2) is 24.3 Å². The van der Waals surface area contributed by atoms with E-state index in [1.165, 1.54) is 5.56 Å². The summed E-state index contributed by atoms with van der Waals surface area (Å²) in [4.78, 5) is 11.6. The molecule has 1 unspecified atom stereocenters. The molecule has 0 bridgehead atoms. The summed E-state index contributed by atoms with van der Waals surface area (Å²) < 4.78 is 0. The highest BCUT2D eigenvalue weighted by Crippen LogP contribution is 2.10. The van der Waals surface area contributed by atoms with Crippen LogP contribution < -0.4 is 11.1 Å². The van der Waals surface area contributed by atoms with Crippen LogP contribution in [0.5, 0.6) is 0 Å². The second-order valence-electron chi connectivity index (χ2n) is 4.13. The van der Waals surface area contributed by atoms with Crippen LogP contribution in [0.25, 0.3) is 0 Å². The summed E-state index contributed by atoms with van der Waals surface area (Å²) in [5.41, 5.74) is 7.69. The van der Waals surface area contributed by atoms with Gasteiger partial charge >= 0.3 is 0 Å². The number of anilines is 1. The molecule has 0 aliphatic heterocycles. The molecule has 1 aromatic carbocycles. The highest BCUT2D eigenvalue weighted by Gasteiger charge is 2.16. The predicted octanol–water partition coefficient (Wildman–Crippen LogP) is 1.92. The summed E-state index contributed by atoms with van der Waals surface area (Å²) in [7, 11) is 0. The second kappa shape index (κ2) is 4.94.